The van der Waals surface area contributed by atoms with Crippen molar-refractivity contribution in [2.24, 2.45) is 0 Å². The summed E-state index contributed by atoms with van der Waals surface area (Å²) in [5.41, 5.74) is 3.06. The first-order chi connectivity index (χ1) is 13.1. The summed E-state index contributed by atoms with van der Waals surface area (Å²) in [5.74, 6) is 0.550. The lowest BCUT2D eigenvalue weighted by Gasteiger charge is -2.34. The third-order valence-corrected chi connectivity index (χ3v) is 5.29. The van der Waals surface area contributed by atoms with E-state index in [1.54, 1.807) is 29.0 Å². The Morgan fingerprint density at radius 2 is 1.63 bits per heavy atom. The van der Waals surface area contributed by atoms with Gasteiger partial charge in [0, 0.05) is 52.4 Å². The van der Waals surface area contributed by atoms with Gasteiger partial charge >= 0.3 is 0 Å². The highest BCUT2D eigenvalue weighted by Gasteiger charge is 2.25. The SMILES string of the molecule is CC(=O)N1CCN(C(=O)c2ccnc(N3CCc4ccccc4C3)n2)CC1. The molecule has 3 heterocycles. The van der Waals surface area contributed by atoms with Crippen molar-refractivity contribution in [1.29, 1.82) is 0 Å². The summed E-state index contributed by atoms with van der Waals surface area (Å²) in [7, 11) is 0. The average molecular weight is 365 g/mol. The van der Waals surface area contributed by atoms with Gasteiger partial charge in [0.1, 0.15) is 5.69 Å². The quantitative estimate of drug-likeness (QED) is 0.803. The number of fused-ring (bicyclic) bond motifs is 1. The molecule has 2 aromatic rings. The van der Waals surface area contributed by atoms with E-state index in [0.717, 1.165) is 19.5 Å². The number of benzene rings is 1. The number of carbonyl (C=O) groups is 2. The van der Waals surface area contributed by atoms with E-state index in [0.29, 0.717) is 37.8 Å². The fourth-order valence-electron chi connectivity index (χ4n) is 3.67. The Balaban J connectivity index is 1.47. The molecule has 0 bridgehead atoms. The minimum atomic E-state index is -0.0979. The predicted octanol–water partition coefficient (Wildman–Crippen LogP) is 1.34. The van der Waals surface area contributed by atoms with E-state index in [-0.39, 0.29) is 11.8 Å². The highest BCUT2D eigenvalue weighted by molar-refractivity contribution is 5.92. The Kier molecular flexibility index (Phi) is 4.75. The van der Waals surface area contributed by atoms with Gasteiger partial charge in [0.05, 0.1) is 0 Å². The molecule has 7 nitrogen and oxygen atoms in total. The van der Waals surface area contributed by atoms with Crippen LogP contribution in [-0.4, -0.2) is 64.3 Å². The summed E-state index contributed by atoms with van der Waals surface area (Å²) in [6.07, 6.45) is 2.60. The number of nitrogens with zero attached hydrogens (tertiary/aromatic N) is 5. The third-order valence-electron chi connectivity index (χ3n) is 5.29. The third kappa shape index (κ3) is 3.63. The van der Waals surface area contributed by atoms with E-state index >= 15 is 0 Å². The van der Waals surface area contributed by atoms with E-state index in [4.69, 9.17) is 0 Å². The van der Waals surface area contributed by atoms with Gasteiger partial charge in [0.15, 0.2) is 0 Å². The number of rotatable bonds is 2. The number of piperazine rings is 1. The lowest BCUT2D eigenvalue weighted by atomic mass is 10.0. The molecule has 7 heteroatoms. The summed E-state index contributed by atoms with van der Waals surface area (Å²) in [5, 5.41) is 0. The molecule has 2 aliphatic heterocycles. The van der Waals surface area contributed by atoms with Crippen LogP contribution in [0.5, 0.6) is 0 Å². The summed E-state index contributed by atoms with van der Waals surface area (Å²) in [4.78, 5) is 38.8. The predicted molar refractivity (Wildman–Crippen MR) is 101 cm³/mol. The van der Waals surface area contributed by atoms with Gasteiger partial charge in [0.2, 0.25) is 11.9 Å². The fraction of sp³-hybridized carbons (Fsp3) is 0.400. The van der Waals surface area contributed by atoms with Crippen molar-refractivity contribution < 1.29 is 9.59 Å². The molecule has 1 aromatic carbocycles. The molecular weight excluding hydrogens is 342 g/mol. The van der Waals surface area contributed by atoms with Gasteiger partial charge in [-0.1, -0.05) is 24.3 Å². The number of amides is 2. The van der Waals surface area contributed by atoms with Crippen molar-refractivity contribution in [2.75, 3.05) is 37.6 Å². The molecular formula is C20H23N5O2. The Morgan fingerprint density at radius 3 is 2.37 bits per heavy atom. The first-order valence-corrected chi connectivity index (χ1v) is 9.31. The van der Waals surface area contributed by atoms with E-state index in [1.807, 2.05) is 6.07 Å². The highest BCUT2D eigenvalue weighted by Crippen LogP contribution is 2.22. The molecule has 2 amide bonds. The van der Waals surface area contributed by atoms with Crippen LogP contribution in [0.15, 0.2) is 36.5 Å². The van der Waals surface area contributed by atoms with Crippen LogP contribution in [0.2, 0.25) is 0 Å². The Morgan fingerprint density at radius 1 is 0.926 bits per heavy atom. The molecule has 1 saturated heterocycles. The molecule has 140 valence electrons. The fourth-order valence-corrected chi connectivity index (χ4v) is 3.67. The van der Waals surface area contributed by atoms with Gasteiger partial charge < -0.3 is 14.7 Å². The van der Waals surface area contributed by atoms with Crippen molar-refractivity contribution in [3.05, 3.63) is 53.3 Å². The number of hydrogen-bond donors (Lipinski definition) is 0. The second-order valence-electron chi connectivity index (χ2n) is 6.98. The zero-order chi connectivity index (χ0) is 18.8. The average Bonchev–Trinajstić information content (AvgIpc) is 2.73. The lowest BCUT2D eigenvalue weighted by molar-refractivity contribution is -0.130. The first kappa shape index (κ1) is 17.5. The molecule has 0 radical (unpaired) electrons. The molecule has 0 saturated carbocycles. The monoisotopic (exact) mass is 365 g/mol. The van der Waals surface area contributed by atoms with Crippen LogP contribution >= 0.6 is 0 Å². The Hall–Kier alpha value is -2.96. The van der Waals surface area contributed by atoms with Crippen molar-refractivity contribution >= 4 is 17.8 Å². The number of hydrogen-bond acceptors (Lipinski definition) is 5. The van der Waals surface area contributed by atoms with Crippen LogP contribution < -0.4 is 4.90 Å². The van der Waals surface area contributed by atoms with E-state index in [2.05, 4.69) is 33.1 Å². The summed E-state index contributed by atoms with van der Waals surface area (Å²) in [6.45, 7) is 5.37. The van der Waals surface area contributed by atoms with Gasteiger partial charge in [-0.15, -0.1) is 0 Å². The summed E-state index contributed by atoms with van der Waals surface area (Å²) >= 11 is 0. The molecule has 1 fully saturated rings. The number of carbonyl (C=O) groups excluding carboxylic acids is 2. The normalized spacial score (nSPS) is 16.9. The van der Waals surface area contributed by atoms with Crippen LogP contribution in [0.4, 0.5) is 5.95 Å². The highest BCUT2D eigenvalue weighted by atomic mass is 16.2. The Labute approximate surface area is 158 Å². The minimum absolute atomic E-state index is 0.0526. The van der Waals surface area contributed by atoms with Crippen LogP contribution in [-0.2, 0) is 17.8 Å². The van der Waals surface area contributed by atoms with Gasteiger partial charge in [-0.05, 0) is 23.6 Å². The molecule has 1 aromatic heterocycles. The molecule has 2 aliphatic rings. The van der Waals surface area contributed by atoms with Crippen LogP contribution in [0, 0.1) is 0 Å². The van der Waals surface area contributed by atoms with Gasteiger partial charge in [-0.3, -0.25) is 9.59 Å². The van der Waals surface area contributed by atoms with Crippen LogP contribution in [0.25, 0.3) is 0 Å². The standard InChI is InChI=1S/C20H23N5O2/c1-15(26)23-10-12-24(13-11-23)19(27)18-6-8-21-20(22-18)25-9-7-16-4-2-3-5-17(16)14-25/h2-6,8H,7,9-14H2,1H3. The topological polar surface area (TPSA) is 69.6 Å². The van der Waals surface area contributed by atoms with Gasteiger partial charge in [-0.2, -0.15) is 0 Å². The van der Waals surface area contributed by atoms with E-state index in [1.165, 1.54) is 11.1 Å². The Bertz CT molecular complexity index is 861. The van der Waals surface area contributed by atoms with Gasteiger partial charge in [0.25, 0.3) is 5.91 Å². The molecule has 0 spiro atoms. The molecule has 0 unspecified atom stereocenters. The maximum atomic E-state index is 12.8. The minimum Gasteiger partial charge on any atom is -0.339 e. The van der Waals surface area contributed by atoms with Crippen LogP contribution in [0.3, 0.4) is 0 Å². The molecule has 4 rings (SSSR count). The summed E-state index contributed by atoms with van der Waals surface area (Å²) in [6, 6.07) is 10.1. The molecule has 0 atom stereocenters. The van der Waals surface area contributed by atoms with Crippen molar-refractivity contribution in [1.82, 2.24) is 19.8 Å². The smallest absolute Gasteiger partial charge is 0.272 e. The zero-order valence-corrected chi connectivity index (χ0v) is 15.5. The maximum absolute atomic E-state index is 12.8. The maximum Gasteiger partial charge on any atom is 0.272 e. The molecule has 0 aliphatic carbocycles. The van der Waals surface area contributed by atoms with Gasteiger partial charge in [-0.25, -0.2) is 9.97 Å². The zero-order valence-electron chi connectivity index (χ0n) is 15.5. The number of anilines is 1. The second-order valence-corrected chi connectivity index (χ2v) is 6.98. The second kappa shape index (κ2) is 7.34. The van der Waals surface area contributed by atoms with Crippen molar-refractivity contribution in [2.45, 2.75) is 19.9 Å². The lowest BCUT2D eigenvalue weighted by Crippen LogP contribution is -2.50. The van der Waals surface area contributed by atoms with Crippen molar-refractivity contribution in [3.63, 3.8) is 0 Å². The van der Waals surface area contributed by atoms with Crippen molar-refractivity contribution in [3.8, 4) is 0 Å². The largest absolute Gasteiger partial charge is 0.339 e. The van der Waals surface area contributed by atoms with E-state index in [9.17, 15) is 9.59 Å². The van der Waals surface area contributed by atoms with E-state index < -0.39 is 0 Å². The molecule has 27 heavy (non-hydrogen) atoms. The molecule has 0 N–H and O–H groups in total. The first-order valence-electron chi connectivity index (χ1n) is 9.31. The van der Waals surface area contributed by atoms with Crippen LogP contribution in [0.1, 0.15) is 28.5 Å². The number of aromatic nitrogens is 2. The summed E-state index contributed by atoms with van der Waals surface area (Å²) < 4.78 is 0.